The Kier molecular flexibility index (Phi) is 6.23. The van der Waals surface area contributed by atoms with Gasteiger partial charge in [-0.05, 0) is 54.8 Å². The van der Waals surface area contributed by atoms with Crippen molar-refractivity contribution in [3.63, 3.8) is 0 Å². The molecule has 2 amide bonds. The van der Waals surface area contributed by atoms with Gasteiger partial charge in [0.1, 0.15) is 5.69 Å². The number of hydrogen-bond donors (Lipinski definition) is 1. The Balaban J connectivity index is 1.67. The first-order valence-electron chi connectivity index (χ1n) is 10.7. The van der Waals surface area contributed by atoms with E-state index in [1.165, 1.54) is 4.88 Å². The van der Waals surface area contributed by atoms with E-state index in [9.17, 15) is 9.59 Å². The molecule has 31 heavy (non-hydrogen) atoms. The molecule has 1 N–H and O–H groups in total. The van der Waals surface area contributed by atoms with Gasteiger partial charge in [0.25, 0.3) is 5.91 Å². The Morgan fingerprint density at radius 3 is 2.74 bits per heavy atom. The summed E-state index contributed by atoms with van der Waals surface area (Å²) in [5.41, 5.74) is 2.07. The number of aryl methyl sites for hydroxylation is 1. The van der Waals surface area contributed by atoms with Crippen LogP contribution in [0.25, 0.3) is 10.4 Å². The van der Waals surface area contributed by atoms with Crippen molar-refractivity contribution in [1.82, 2.24) is 20.0 Å². The summed E-state index contributed by atoms with van der Waals surface area (Å²) in [6.45, 7) is 3.54. The molecule has 0 bridgehead atoms. The lowest BCUT2D eigenvalue weighted by Crippen LogP contribution is -2.54. The molecule has 1 aliphatic heterocycles. The van der Waals surface area contributed by atoms with E-state index in [0.717, 1.165) is 24.0 Å². The van der Waals surface area contributed by atoms with Crippen molar-refractivity contribution in [2.45, 2.75) is 26.2 Å². The van der Waals surface area contributed by atoms with Gasteiger partial charge < -0.3 is 10.2 Å². The Bertz CT molecular complexity index is 1060. The zero-order valence-corrected chi connectivity index (χ0v) is 18.8. The number of thiophene rings is 1. The fourth-order valence-corrected chi connectivity index (χ4v) is 5.25. The number of carbonyl (C=O) groups is 2. The maximum absolute atomic E-state index is 13.4. The van der Waals surface area contributed by atoms with Gasteiger partial charge in [0.15, 0.2) is 0 Å². The number of nitrogens with one attached hydrogen (secondary N) is 1. The van der Waals surface area contributed by atoms with E-state index in [2.05, 4.69) is 34.0 Å². The molecule has 4 rings (SSSR count). The molecule has 1 saturated heterocycles. The minimum absolute atomic E-state index is 0.0227. The number of amides is 2. The molecule has 0 aliphatic carbocycles. The standard InChI is InChI=1S/C24H28N4O2S/c1-3-25-23(30)24(16-18-8-4-5-9-19(18)21-10-6-15-31-21)12-7-13-28(17-24)22(29)20-11-14-27(2)26-20/h4-6,8-11,14-15H,3,7,12-13,16-17H2,1-2H3,(H,25,30)/t24-/m1/s1. The molecule has 1 atom stereocenters. The van der Waals surface area contributed by atoms with Gasteiger partial charge in [-0.25, -0.2) is 0 Å². The van der Waals surface area contributed by atoms with E-state index in [1.807, 2.05) is 25.1 Å². The van der Waals surface area contributed by atoms with Crippen LogP contribution >= 0.6 is 11.3 Å². The molecular weight excluding hydrogens is 408 g/mol. The summed E-state index contributed by atoms with van der Waals surface area (Å²) in [5.74, 6) is -0.0879. The van der Waals surface area contributed by atoms with Crippen molar-refractivity contribution < 1.29 is 9.59 Å². The fourth-order valence-electron chi connectivity index (χ4n) is 4.47. The third kappa shape index (κ3) is 4.42. The second-order valence-corrected chi connectivity index (χ2v) is 9.10. The van der Waals surface area contributed by atoms with Gasteiger partial charge in [-0.2, -0.15) is 5.10 Å². The number of likely N-dealkylation sites (tertiary alicyclic amines) is 1. The van der Waals surface area contributed by atoms with Crippen molar-refractivity contribution >= 4 is 23.2 Å². The second-order valence-electron chi connectivity index (χ2n) is 8.16. The molecule has 3 heterocycles. The van der Waals surface area contributed by atoms with Crippen molar-refractivity contribution in [3.05, 3.63) is 65.3 Å². The smallest absolute Gasteiger partial charge is 0.274 e. The van der Waals surface area contributed by atoms with E-state index in [1.54, 1.807) is 40.2 Å². The van der Waals surface area contributed by atoms with Crippen LogP contribution in [-0.2, 0) is 18.3 Å². The van der Waals surface area contributed by atoms with Crippen LogP contribution in [-0.4, -0.2) is 46.1 Å². The van der Waals surface area contributed by atoms with E-state index < -0.39 is 5.41 Å². The van der Waals surface area contributed by atoms with E-state index >= 15 is 0 Å². The summed E-state index contributed by atoms with van der Waals surface area (Å²) in [6, 6.07) is 14.2. The number of hydrogen-bond acceptors (Lipinski definition) is 4. The highest BCUT2D eigenvalue weighted by Crippen LogP contribution is 2.38. The van der Waals surface area contributed by atoms with Crippen LogP contribution in [0.1, 0.15) is 35.8 Å². The summed E-state index contributed by atoms with van der Waals surface area (Å²) in [6.07, 6.45) is 3.91. The molecule has 6 nitrogen and oxygen atoms in total. The van der Waals surface area contributed by atoms with Crippen LogP contribution in [0.2, 0.25) is 0 Å². The molecule has 0 spiro atoms. The fraction of sp³-hybridized carbons (Fsp3) is 0.375. The van der Waals surface area contributed by atoms with Crippen LogP contribution in [0.15, 0.2) is 54.0 Å². The first kappa shape index (κ1) is 21.3. The van der Waals surface area contributed by atoms with Gasteiger partial charge in [-0.3, -0.25) is 14.3 Å². The van der Waals surface area contributed by atoms with Crippen LogP contribution in [0, 0.1) is 5.41 Å². The lowest BCUT2D eigenvalue weighted by Gasteiger charge is -2.42. The van der Waals surface area contributed by atoms with Crippen LogP contribution < -0.4 is 5.32 Å². The monoisotopic (exact) mass is 436 g/mol. The largest absolute Gasteiger partial charge is 0.356 e. The number of aromatic nitrogens is 2. The van der Waals surface area contributed by atoms with E-state index in [-0.39, 0.29) is 11.8 Å². The zero-order valence-electron chi connectivity index (χ0n) is 18.0. The highest BCUT2D eigenvalue weighted by molar-refractivity contribution is 7.13. The van der Waals surface area contributed by atoms with Gasteiger partial charge in [-0.15, -0.1) is 11.3 Å². The van der Waals surface area contributed by atoms with Crippen molar-refractivity contribution in [2.75, 3.05) is 19.6 Å². The molecule has 3 aromatic rings. The minimum atomic E-state index is -0.661. The van der Waals surface area contributed by atoms with E-state index in [4.69, 9.17) is 0 Å². The highest BCUT2D eigenvalue weighted by atomic mass is 32.1. The van der Waals surface area contributed by atoms with Crippen molar-refractivity contribution in [3.8, 4) is 10.4 Å². The lowest BCUT2D eigenvalue weighted by molar-refractivity contribution is -0.133. The number of rotatable bonds is 6. The Hall–Kier alpha value is -2.93. The first-order valence-corrected chi connectivity index (χ1v) is 11.6. The molecule has 2 aromatic heterocycles. The average molecular weight is 437 g/mol. The number of piperidine rings is 1. The van der Waals surface area contributed by atoms with Gasteiger partial charge in [0, 0.05) is 37.8 Å². The predicted octanol–water partition coefficient (Wildman–Crippen LogP) is 3.75. The lowest BCUT2D eigenvalue weighted by atomic mass is 9.73. The molecule has 7 heteroatoms. The van der Waals surface area contributed by atoms with Gasteiger partial charge in [0.05, 0.1) is 5.41 Å². The second kappa shape index (κ2) is 9.06. The minimum Gasteiger partial charge on any atom is -0.356 e. The summed E-state index contributed by atoms with van der Waals surface area (Å²) in [4.78, 5) is 29.5. The molecule has 1 fully saturated rings. The van der Waals surface area contributed by atoms with Gasteiger partial charge in [0.2, 0.25) is 5.91 Å². The molecule has 162 valence electrons. The Morgan fingerprint density at radius 1 is 1.19 bits per heavy atom. The van der Waals surface area contributed by atoms with Gasteiger partial charge in [-0.1, -0.05) is 30.3 Å². The third-order valence-corrected chi connectivity index (χ3v) is 6.85. The SMILES string of the molecule is CCNC(=O)[C@@]1(Cc2ccccc2-c2cccs2)CCCN(C(=O)c2ccn(C)n2)C1. The molecule has 0 unspecified atom stereocenters. The Labute approximate surface area is 186 Å². The van der Waals surface area contributed by atoms with E-state index in [0.29, 0.717) is 31.7 Å². The molecule has 1 aromatic carbocycles. The Morgan fingerprint density at radius 2 is 2.03 bits per heavy atom. The summed E-state index contributed by atoms with van der Waals surface area (Å²) in [5, 5.41) is 9.38. The van der Waals surface area contributed by atoms with Crippen molar-refractivity contribution in [1.29, 1.82) is 0 Å². The molecule has 0 saturated carbocycles. The maximum Gasteiger partial charge on any atom is 0.274 e. The normalized spacial score (nSPS) is 18.7. The topological polar surface area (TPSA) is 67.2 Å². The first-order chi connectivity index (χ1) is 15.0. The van der Waals surface area contributed by atoms with Crippen LogP contribution in [0.3, 0.4) is 0 Å². The average Bonchev–Trinajstić information content (AvgIpc) is 3.46. The molecule has 0 radical (unpaired) electrons. The summed E-state index contributed by atoms with van der Waals surface area (Å²) < 4.78 is 1.63. The summed E-state index contributed by atoms with van der Waals surface area (Å²) >= 11 is 1.70. The van der Waals surface area contributed by atoms with Crippen LogP contribution in [0.5, 0.6) is 0 Å². The van der Waals surface area contributed by atoms with Crippen LogP contribution in [0.4, 0.5) is 0 Å². The molecule has 1 aliphatic rings. The number of carbonyl (C=O) groups excluding carboxylic acids is 2. The highest BCUT2D eigenvalue weighted by Gasteiger charge is 2.44. The quantitative estimate of drug-likeness (QED) is 0.640. The zero-order chi connectivity index (χ0) is 21.8. The third-order valence-electron chi connectivity index (χ3n) is 5.95. The number of benzene rings is 1. The predicted molar refractivity (Wildman–Crippen MR) is 123 cm³/mol. The summed E-state index contributed by atoms with van der Waals surface area (Å²) in [7, 11) is 1.80. The van der Waals surface area contributed by atoms with Gasteiger partial charge >= 0.3 is 0 Å². The van der Waals surface area contributed by atoms with Crippen molar-refractivity contribution in [2.24, 2.45) is 12.5 Å². The molecular formula is C24H28N4O2S. The number of nitrogens with zero attached hydrogens (tertiary/aromatic N) is 3. The maximum atomic E-state index is 13.4.